The Kier molecular flexibility index (Phi) is 5.53. The van der Waals surface area contributed by atoms with Crippen LogP contribution in [-0.2, 0) is 0 Å². The van der Waals surface area contributed by atoms with Gasteiger partial charge in [0.15, 0.2) is 0 Å². The molecular formula is C25H19N3O. The maximum atomic E-state index is 12.6. The number of nitrogens with one attached hydrogen (secondary N) is 1. The fraction of sp³-hybridized carbons (Fsp3) is 0. The zero-order chi connectivity index (χ0) is 19.9. The Labute approximate surface area is 169 Å². The molecule has 29 heavy (non-hydrogen) atoms. The van der Waals surface area contributed by atoms with E-state index in [1.54, 1.807) is 24.5 Å². The van der Waals surface area contributed by atoms with Crippen molar-refractivity contribution in [2.75, 3.05) is 0 Å². The summed E-state index contributed by atoms with van der Waals surface area (Å²) in [6, 6.07) is 31.0. The van der Waals surface area contributed by atoms with Gasteiger partial charge in [-0.15, -0.1) is 0 Å². The maximum Gasteiger partial charge on any atom is 0.271 e. The molecule has 0 atom stereocenters. The van der Waals surface area contributed by atoms with Gasteiger partial charge >= 0.3 is 0 Å². The van der Waals surface area contributed by atoms with Crippen molar-refractivity contribution in [2.24, 2.45) is 5.10 Å². The molecule has 0 radical (unpaired) electrons. The second kappa shape index (κ2) is 8.76. The number of benzene rings is 3. The highest BCUT2D eigenvalue weighted by atomic mass is 16.2. The van der Waals surface area contributed by atoms with Gasteiger partial charge in [0.2, 0.25) is 0 Å². The lowest BCUT2D eigenvalue weighted by molar-refractivity contribution is 0.0955. The Bertz CT molecular complexity index is 1070. The van der Waals surface area contributed by atoms with E-state index in [-0.39, 0.29) is 5.91 Å². The van der Waals surface area contributed by atoms with Crippen molar-refractivity contribution in [3.8, 4) is 11.1 Å². The number of aromatic nitrogens is 1. The van der Waals surface area contributed by atoms with E-state index in [1.807, 2.05) is 84.9 Å². The summed E-state index contributed by atoms with van der Waals surface area (Å²) in [4.78, 5) is 16.8. The molecule has 0 fully saturated rings. The number of hydrogen-bond acceptors (Lipinski definition) is 3. The van der Waals surface area contributed by atoms with Crippen LogP contribution in [0.2, 0.25) is 0 Å². The van der Waals surface area contributed by atoms with E-state index in [4.69, 9.17) is 0 Å². The van der Waals surface area contributed by atoms with Crippen molar-refractivity contribution in [1.29, 1.82) is 0 Å². The summed E-state index contributed by atoms with van der Waals surface area (Å²) in [5, 5.41) is 4.40. The molecule has 0 saturated carbocycles. The minimum atomic E-state index is -0.262. The average Bonchev–Trinajstić information content (AvgIpc) is 2.81. The van der Waals surface area contributed by atoms with Gasteiger partial charge in [-0.1, -0.05) is 72.8 Å². The van der Waals surface area contributed by atoms with Crippen LogP contribution in [0.3, 0.4) is 0 Å². The first-order chi connectivity index (χ1) is 14.3. The molecule has 0 aliphatic heterocycles. The predicted molar refractivity (Wildman–Crippen MR) is 116 cm³/mol. The number of carbonyl (C=O) groups is 1. The van der Waals surface area contributed by atoms with Gasteiger partial charge in [-0.3, -0.25) is 9.78 Å². The summed E-state index contributed by atoms with van der Waals surface area (Å²) in [7, 11) is 0. The summed E-state index contributed by atoms with van der Waals surface area (Å²) in [6.07, 6.45) is 3.44. The third kappa shape index (κ3) is 4.45. The van der Waals surface area contributed by atoms with Crippen molar-refractivity contribution in [2.45, 2.75) is 0 Å². The quantitative estimate of drug-likeness (QED) is 0.396. The highest BCUT2D eigenvalue weighted by Crippen LogP contribution is 2.19. The molecule has 0 aliphatic carbocycles. The van der Waals surface area contributed by atoms with Crippen LogP contribution < -0.4 is 5.43 Å². The second-order valence-corrected chi connectivity index (χ2v) is 6.45. The summed E-state index contributed by atoms with van der Waals surface area (Å²) in [5.41, 5.74) is 7.79. The molecule has 0 spiro atoms. The summed E-state index contributed by atoms with van der Waals surface area (Å²) in [6.45, 7) is 0. The largest absolute Gasteiger partial charge is 0.271 e. The smallest absolute Gasteiger partial charge is 0.267 e. The Morgan fingerprint density at radius 2 is 1.28 bits per heavy atom. The number of rotatable bonds is 5. The van der Waals surface area contributed by atoms with Crippen molar-refractivity contribution in [1.82, 2.24) is 10.4 Å². The van der Waals surface area contributed by atoms with Gasteiger partial charge in [-0.05, 0) is 35.4 Å². The first kappa shape index (κ1) is 18.3. The van der Waals surface area contributed by atoms with Crippen LogP contribution in [0.5, 0.6) is 0 Å². The Balaban J connectivity index is 1.57. The molecule has 1 heterocycles. The lowest BCUT2D eigenvalue weighted by atomic mass is 10.0. The number of pyridine rings is 1. The first-order valence-corrected chi connectivity index (χ1v) is 9.30. The van der Waals surface area contributed by atoms with E-state index in [1.165, 1.54) is 0 Å². The minimum Gasteiger partial charge on any atom is -0.267 e. The van der Waals surface area contributed by atoms with Gasteiger partial charge in [-0.2, -0.15) is 5.10 Å². The molecule has 0 unspecified atom stereocenters. The van der Waals surface area contributed by atoms with Crippen molar-refractivity contribution < 1.29 is 4.79 Å². The molecule has 4 nitrogen and oxygen atoms in total. The van der Waals surface area contributed by atoms with Crippen LogP contribution >= 0.6 is 0 Å². The molecule has 4 aromatic rings. The number of nitrogens with zero attached hydrogens (tertiary/aromatic N) is 2. The van der Waals surface area contributed by atoms with Gasteiger partial charge < -0.3 is 0 Å². The zero-order valence-corrected chi connectivity index (χ0v) is 15.7. The third-order valence-electron chi connectivity index (χ3n) is 4.51. The van der Waals surface area contributed by atoms with Crippen molar-refractivity contribution in [3.05, 3.63) is 126 Å². The van der Waals surface area contributed by atoms with Crippen LogP contribution in [0, 0.1) is 0 Å². The fourth-order valence-electron chi connectivity index (χ4n) is 3.01. The van der Waals surface area contributed by atoms with E-state index in [0.717, 1.165) is 22.3 Å². The molecule has 1 aromatic heterocycles. The molecule has 1 amide bonds. The molecule has 3 aromatic carbocycles. The van der Waals surface area contributed by atoms with Crippen LogP contribution in [0.4, 0.5) is 0 Å². The van der Waals surface area contributed by atoms with Gasteiger partial charge in [0.25, 0.3) is 5.91 Å². The standard InChI is InChI=1S/C25H19N3O/c29-25(22-15-13-20(14-16-22)19-8-3-1-4-9-19)28-27-24(21-10-5-2-6-11-21)23-12-7-17-26-18-23/h1-18H,(H,28,29). The van der Waals surface area contributed by atoms with Crippen molar-refractivity contribution in [3.63, 3.8) is 0 Å². The lowest BCUT2D eigenvalue weighted by Crippen LogP contribution is -2.20. The molecule has 4 rings (SSSR count). The first-order valence-electron chi connectivity index (χ1n) is 9.30. The average molecular weight is 377 g/mol. The van der Waals surface area contributed by atoms with Crippen LogP contribution in [-0.4, -0.2) is 16.6 Å². The highest BCUT2D eigenvalue weighted by Gasteiger charge is 2.10. The number of amides is 1. The van der Waals surface area contributed by atoms with Gasteiger partial charge in [0.05, 0.1) is 5.71 Å². The monoisotopic (exact) mass is 377 g/mol. The van der Waals surface area contributed by atoms with Crippen LogP contribution in [0.15, 0.2) is 115 Å². The SMILES string of the molecule is O=C(NN=C(c1ccccc1)c1cccnc1)c1ccc(-c2ccccc2)cc1. The lowest BCUT2D eigenvalue weighted by Gasteiger charge is -2.08. The molecule has 140 valence electrons. The van der Waals surface area contributed by atoms with E-state index in [2.05, 4.69) is 15.5 Å². The maximum absolute atomic E-state index is 12.6. The number of hydrogen-bond donors (Lipinski definition) is 1. The van der Waals surface area contributed by atoms with Gasteiger partial charge in [0, 0.05) is 29.1 Å². The zero-order valence-electron chi connectivity index (χ0n) is 15.7. The van der Waals surface area contributed by atoms with Crippen LogP contribution in [0.1, 0.15) is 21.5 Å². The second-order valence-electron chi connectivity index (χ2n) is 6.45. The molecule has 0 saturated heterocycles. The molecule has 4 heteroatoms. The summed E-state index contributed by atoms with van der Waals surface area (Å²) >= 11 is 0. The number of hydrazone groups is 1. The van der Waals surface area contributed by atoms with Gasteiger partial charge in [-0.25, -0.2) is 5.43 Å². The van der Waals surface area contributed by atoms with Crippen LogP contribution in [0.25, 0.3) is 11.1 Å². The Hall–Kier alpha value is -4.05. The minimum absolute atomic E-state index is 0.262. The summed E-state index contributed by atoms with van der Waals surface area (Å²) in [5.74, 6) is -0.262. The molecule has 0 aliphatic rings. The Morgan fingerprint density at radius 3 is 1.93 bits per heavy atom. The van der Waals surface area contributed by atoms with E-state index in [0.29, 0.717) is 11.3 Å². The highest BCUT2D eigenvalue weighted by molar-refractivity contribution is 6.13. The fourth-order valence-corrected chi connectivity index (χ4v) is 3.01. The molecule has 0 bridgehead atoms. The third-order valence-corrected chi connectivity index (χ3v) is 4.51. The number of carbonyl (C=O) groups excluding carboxylic acids is 1. The summed E-state index contributed by atoms with van der Waals surface area (Å²) < 4.78 is 0. The topological polar surface area (TPSA) is 54.4 Å². The molecular weight excluding hydrogens is 358 g/mol. The van der Waals surface area contributed by atoms with E-state index in [9.17, 15) is 4.79 Å². The van der Waals surface area contributed by atoms with E-state index >= 15 is 0 Å². The normalized spacial score (nSPS) is 11.1. The van der Waals surface area contributed by atoms with Crippen molar-refractivity contribution >= 4 is 11.6 Å². The predicted octanol–water partition coefficient (Wildman–Crippen LogP) is 4.93. The van der Waals surface area contributed by atoms with E-state index < -0.39 is 0 Å². The molecule has 1 N–H and O–H groups in total. The Morgan fingerprint density at radius 1 is 0.655 bits per heavy atom. The van der Waals surface area contributed by atoms with Gasteiger partial charge in [0.1, 0.15) is 0 Å².